The quantitative estimate of drug-likeness (QED) is 0.589. The molecule has 1 aliphatic rings. The molecule has 1 aromatic heterocycles. The zero-order valence-electron chi connectivity index (χ0n) is 17.5. The zero-order valence-corrected chi connectivity index (χ0v) is 18.3. The lowest BCUT2D eigenvalue weighted by molar-refractivity contribution is -0.113. The number of hydrogen-bond donors (Lipinski definition) is 1. The fourth-order valence-corrected chi connectivity index (χ4v) is 4.41. The molecule has 30 heavy (non-hydrogen) atoms. The fourth-order valence-electron chi connectivity index (χ4n) is 3.66. The third-order valence-corrected chi connectivity index (χ3v) is 6.41. The Bertz CT molecular complexity index is 1010. The number of anilines is 2. The van der Waals surface area contributed by atoms with Crippen LogP contribution in [0.15, 0.2) is 53.7 Å². The van der Waals surface area contributed by atoms with Crippen LogP contribution in [0.25, 0.3) is 5.69 Å². The molecule has 0 spiro atoms. The first-order valence-electron chi connectivity index (χ1n) is 10.4. The van der Waals surface area contributed by atoms with E-state index in [-0.39, 0.29) is 11.7 Å². The molecule has 0 bridgehead atoms. The van der Waals surface area contributed by atoms with E-state index in [2.05, 4.69) is 37.1 Å². The van der Waals surface area contributed by atoms with Crippen LogP contribution >= 0.6 is 11.8 Å². The van der Waals surface area contributed by atoms with Gasteiger partial charge in [-0.25, -0.2) is 0 Å². The number of aromatic nitrogens is 3. The Labute approximate surface area is 181 Å². The maximum atomic E-state index is 12.6. The van der Waals surface area contributed by atoms with E-state index in [4.69, 9.17) is 0 Å². The molecular formula is C23H27N5OS. The SMILES string of the molecule is Cc1cccc(NC(=O)CSc2nnc(N3CCCCC3)n2-c2ccccc2)c1C. The lowest BCUT2D eigenvalue weighted by atomic mass is 10.1. The summed E-state index contributed by atoms with van der Waals surface area (Å²) in [5.41, 5.74) is 4.13. The third kappa shape index (κ3) is 4.51. The van der Waals surface area contributed by atoms with Crippen molar-refractivity contribution in [3.05, 3.63) is 59.7 Å². The normalized spacial score (nSPS) is 14.0. The lowest BCUT2D eigenvalue weighted by Crippen LogP contribution is -2.31. The van der Waals surface area contributed by atoms with Crippen molar-refractivity contribution in [2.45, 2.75) is 38.3 Å². The second-order valence-corrected chi connectivity index (χ2v) is 8.53. The van der Waals surface area contributed by atoms with E-state index in [9.17, 15) is 4.79 Å². The standard InChI is InChI=1S/C23H27N5OS/c1-17-10-9-13-20(18(17)2)24-21(29)16-30-23-26-25-22(27-14-7-4-8-15-27)28(23)19-11-5-3-6-12-19/h3,5-6,9-13H,4,7-8,14-16H2,1-2H3,(H,24,29). The Morgan fingerprint density at radius 2 is 1.77 bits per heavy atom. The minimum absolute atomic E-state index is 0.0455. The lowest BCUT2D eigenvalue weighted by Gasteiger charge is -2.27. The van der Waals surface area contributed by atoms with Gasteiger partial charge < -0.3 is 10.2 Å². The van der Waals surface area contributed by atoms with Crippen LogP contribution in [0.3, 0.4) is 0 Å². The van der Waals surface area contributed by atoms with E-state index < -0.39 is 0 Å². The van der Waals surface area contributed by atoms with E-state index in [0.29, 0.717) is 0 Å². The molecule has 1 fully saturated rings. The highest BCUT2D eigenvalue weighted by Crippen LogP contribution is 2.28. The highest BCUT2D eigenvalue weighted by atomic mass is 32.2. The second-order valence-electron chi connectivity index (χ2n) is 7.59. The van der Waals surface area contributed by atoms with Gasteiger partial charge in [0.05, 0.1) is 11.4 Å². The number of nitrogens with zero attached hydrogens (tertiary/aromatic N) is 4. The number of thioether (sulfide) groups is 1. The van der Waals surface area contributed by atoms with E-state index in [1.54, 1.807) is 0 Å². The Morgan fingerprint density at radius 3 is 2.53 bits per heavy atom. The summed E-state index contributed by atoms with van der Waals surface area (Å²) >= 11 is 1.41. The third-order valence-electron chi connectivity index (χ3n) is 5.48. The van der Waals surface area contributed by atoms with Gasteiger partial charge in [-0.2, -0.15) is 0 Å². The minimum atomic E-state index is -0.0455. The number of piperidine rings is 1. The van der Waals surface area contributed by atoms with Gasteiger partial charge in [-0.1, -0.05) is 42.1 Å². The molecule has 2 aromatic carbocycles. The van der Waals surface area contributed by atoms with E-state index in [1.807, 2.05) is 50.2 Å². The minimum Gasteiger partial charge on any atom is -0.341 e. The maximum absolute atomic E-state index is 12.6. The summed E-state index contributed by atoms with van der Waals surface area (Å²) in [6, 6.07) is 16.1. The predicted molar refractivity (Wildman–Crippen MR) is 123 cm³/mol. The molecule has 1 N–H and O–H groups in total. The number of hydrogen-bond acceptors (Lipinski definition) is 5. The Kier molecular flexibility index (Phi) is 6.38. The van der Waals surface area contributed by atoms with Crippen molar-refractivity contribution in [2.24, 2.45) is 0 Å². The Morgan fingerprint density at radius 1 is 1.00 bits per heavy atom. The van der Waals surface area contributed by atoms with Crippen LogP contribution in [-0.2, 0) is 4.79 Å². The summed E-state index contributed by atoms with van der Waals surface area (Å²) in [7, 11) is 0. The van der Waals surface area contributed by atoms with E-state index >= 15 is 0 Å². The molecule has 7 heteroatoms. The number of benzene rings is 2. The van der Waals surface area contributed by atoms with Crippen molar-refractivity contribution in [1.82, 2.24) is 14.8 Å². The largest absolute Gasteiger partial charge is 0.341 e. The molecular weight excluding hydrogens is 394 g/mol. The molecule has 4 rings (SSSR count). The van der Waals surface area contributed by atoms with Crippen LogP contribution in [-0.4, -0.2) is 39.5 Å². The monoisotopic (exact) mass is 421 g/mol. The topological polar surface area (TPSA) is 63.1 Å². The van der Waals surface area contributed by atoms with Gasteiger partial charge in [0.1, 0.15) is 0 Å². The van der Waals surface area contributed by atoms with Crippen molar-refractivity contribution in [3.8, 4) is 5.69 Å². The van der Waals surface area contributed by atoms with Gasteiger partial charge in [-0.05, 0) is 62.4 Å². The first-order chi connectivity index (χ1) is 14.6. The number of amides is 1. The molecule has 1 saturated heterocycles. The fraction of sp³-hybridized carbons (Fsp3) is 0.348. The number of carbonyl (C=O) groups is 1. The van der Waals surface area contributed by atoms with Gasteiger partial charge in [0, 0.05) is 18.8 Å². The summed E-state index contributed by atoms with van der Waals surface area (Å²) in [5, 5.41) is 12.7. The van der Waals surface area contributed by atoms with Crippen LogP contribution in [0.5, 0.6) is 0 Å². The number of para-hydroxylation sites is 1. The molecule has 1 aliphatic heterocycles. The predicted octanol–water partition coefficient (Wildman–Crippen LogP) is 4.61. The first kappa shape index (κ1) is 20.5. The van der Waals surface area contributed by atoms with Gasteiger partial charge in [0.2, 0.25) is 11.9 Å². The van der Waals surface area contributed by atoms with Crippen molar-refractivity contribution >= 4 is 29.3 Å². The molecule has 6 nitrogen and oxygen atoms in total. The van der Waals surface area contributed by atoms with Crippen LogP contribution in [0.1, 0.15) is 30.4 Å². The molecule has 0 radical (unpaired) electrons. The number of nitrogens with one attached hydrogen (secondary N) is 1. The number of rotatable bonds is 6. The number of aryl methyl sites for hydroxylation is 1. The summed E-state index contributed by atoms with van der Waals surface area (Å²) < 4.78 is 2.07. The van der Waals surface area contributed by atoms with Crippen molar-refractivity contribution in [2.75, 3.05) is 29.1 Å². The molecule has 2 heterocycles. The van der Waals surface area contributed by atoms with Crippen molar-refractivity contribution in [1.29, 1.82) is 0 Å². The van der Waals surface area contributed by atoms with E-state index in [1.165, 1.54) is 31.0 Å². The number of carbonyl (C=O) groups excluding carboxylic acids is 1. The summed E-state index contributed by atoms with van der Waals surface area (Å²) in [6.07, 6.45) is 3.60. The van der Waals surface area contributed by atoms with Gasteiger partial charge in [-0.15, -0.1) is 10.2 Å². The highest BCUT2D eigenvalue weighted by molar-refractivity contribution is 7.99. The molecule has 0 unspecified atom stereocenters. The molecule has 0 atom stereocenters. The van der Waals surface area contributed by atoms with Crippen LogP contribution in [0.4, 0.5) is 11.6 Å². The van der Waals surface area contributed by atoms with Crippen molar-refractivity contribution in [3.63, 3.8) is 0 Å². The highest BCUT2D eigenvalue weighted by Gasteiger charge is 2.22. The maximum Gasteiger partial charge on any atom is 0.234 e. The summed E-state index contributed by atoms with van der Waals surface area (Å²) in [5.74, 6) is 1.09. The molecule has 156 valence electrons. The summed E-state index contributed by atoms with van der Waals surface area (Å²) in [4.78, 5) is 14.9. The first-order valence-corrected chi connectivity index (χ1v) is 11.4. The van der Waals surface area contributed by atoms with Crippen molar-refractivity contribution < 1.29 is 4.79 Å². The van der Waals surface area contributed by atoms with Gasteiger partial charge in [0.15, 0.2) is 5.16 Å². The Hall–Kier alpha value is -2.80. The molecule has 0 aliphatic carbocycles. The van der Waals surface area contributed by atoms with Crippen LogP contribution in [0, 0.1) is 13.8 Å². The van der Waals surface area contributed by atoms with Gasteiger partial charge >= 0.3 is 0 Å². The van der Waals surface area contributed by atoms with E-state index in [0.717, 1.165) is 46.7 Å². The van der Waals surface area contributed by atoms with Gasteiger partial charge in [0.25, 0.3) is 0 Å². The summed E-state index contributed by atoms with van der Waals surface area (Å²) in [6.45, 7) is 6.05. The molecule has 0 saturated carbocycles. The Balaban J connectivity index is 1.53. The zero-order chi connectivity index (χ0) is 20.9. The van der Waals surface area contributed by atoms with Crippen LogP contribution < -0.4 is 10.2 Å². The molecule has 3 aromatic rings. The average molecular weight is 422 g/mol. The smallest absolute Gasteiger partial charge is 0.234 e. The molecule has 1 amide bonds. The second kappa shape index (κ2) is 9.34. The van der Waals surface area contributed by atoms with Crippen LogP contribution in [0.2, 0.25) is 0 Å². The average Bonchev–Trinajstić information content (AvgIpc) is 3.21. The van der Waals surface area contributed by atoms with Gasteiger partial charge in [-0.3, -0.25) is 9.36 Å².